The van der Waals surface area contributed by atoms with Crippen LogP contribution in [0.5, 0.6) is 0 Å². The molecule has 1 aromatic carbocycles. The molecular weight excluding hydrogens is 553 g/mol. The highest BCUT2D eigenvalue weighted by atomic mass is 79.9. The number of anilines is 1. The number of nitrogens with zero attached hydrogens (tertiary/aromatic N) is 4. The maximum Gasteiger partial charge on any atom is 0.423 e. The maximum atomic E-state index is 12.6. The lowest BCUT2D eigenvalue weighted by molar-refractivity contribution is -0.211. The quantitative estimate of drug-likeness (QED) is 0.402. The molecule has 1 amide bonds. The van der Waals surface area contributed by atoms with E-state index in [9.17, 15) is 23.1 Å². The van der Waals surface area contributed by atoms with Gasteiger partial charge in [0.05, 0.1) is 11.9 Å². The van der Waals surface area contributed by atoms with Crippen molar-refractivity contribution in [2.24, 2.45) is 11.7 Å². The summed E-state index contributed by atoms with van der Waals surface area (Å²) in [5.41, 5.74) is 16.0. The first kappa shape index (κ1) is 26.7. The van der Waals surface area contributed by atoms with Gasteiger partial charge in [-0.3, -0.25) is 9.78 Å². The van der Waals surface area contributed by atoms with Gasteiger partial charge in [-0.25, -0.2) is 4.68 Å². The summed E-state index contributed by atoms with van der Waals surface area (Å²) in [6, 6.07) is 13.6. The zero-order chi connectivity index (χ0) is 26.7. The standard InChI is InChI=1S/C25H26BrF3N6O2/c26-19(12-15-8-10-34(11-9-15)24(37)21(36)25(27,28)29)23(31)35-22(30)18(14-33-35)17-6-7-20(32-13-17)16-4-2-1-3-5-16/h1-7,13-15,21,36H,8-12,30-31H2/b23-19+. The normalized spacial score (nSPS) is 16.4. The molecule has 0 radical (unpaired) electrons. The average Bonchev–Trinajstić information content (AvgIpc) is 3.28. The van der Waals surface area contributed by atoms with E-state index in [-0.39, 0.29) is 19.0 Å². The van der Waals surface area contributed by atoms with Gasteiger partial charge in [0.15, 0.2) is 0 Å². The van der Waals surface area contributed by atoms with Crippen LogP contribution in [-0.4, -0.2) is 56.0 Å². The number of aliphatic hydroxyl groups is 1. The number of hydrogen-bond donors (Lipinski definition) is 3. The van der Waals surface area contributed by atoms with Gasteiger partial charge in [-0.2, -0.15) is 18.3 Å². The Morgan fingerprint density at radius 1 is 1.11 bits per heavy atom. The van der Waals surface area contributed by atoms with E-state index in [0.717, 1.165) is 21.7 Å². The van der Waals surface area contributed by atoms with Gasteiger partial charge in [-0.05, 0) is 31.2 Å². The molecule has 0 bridgehead atoms. The van der Waals surface area contributed by atoms with Crippen LogP contribution in [0.25, 0.3) is 28.2 Å². The number of rotatable bonds is 6. The minimum atomic E-state index is -4.98. The van der Waals surface area contributed by atoms with E-state index in [0.29, 0.717) is 40.9 Å². The lowest BCUT2D eigenvalue weighted by Gasteiger charge is -2.33. The number of nitrogen functional groups attached to an aromatic ring is 1. The summed E-state index contributed by atoms with van der Waals surface area (Å²) >= 11 is 3.50. The van der Waals surface area contributed by atoms with Crippen LogP contribution in [0.2, 0.25) is 0 Å². The summed E-state index contributed by atoms with van der Waals surface area (Å²) < 4.78 is 40.0. The van der Waals surface area contributed by atoms with Crippen LogP contribution in [0.1, 0.15) is 19.3 Å². The van der Waals surface area contributed by atoms with E-state index in [1.807, 2.05) is 42.5 Å². The fourth-order valence-electron chi connectivity index (χ4n) is 4.25. The SMILES string of the molecule is N/C(=C(\Br)CC1CCN(C(=O)C(O)C(F)(F)F)CC1)n1ncc(-c2ccc(-c3ccccc3)nc2)c1N. The molecule has 3 aromatic rings. The summed E-state index contributed by atoms with van der Waals surface area (Å²) in [5.74, 6) is -0.608. The van der Waals surface area contributed by atoms with Crippen molar-refractivity contribution in [3.05, 3.63) is 59.3 Å². The molecule has 12 heteroatoms. The third-order valence-electron chi connectivity index (χ3n) is 6.39. The molecule has 3 heterocycles. The second kappa shape index (κ2) is 10.9. The van der Waals surface area contributed by atoms with E-state index >= 15 is 0 Å². The first-order chi connectivity index (χ1) is 17.6. The van der Waals surface area contributed by atoms with Gasteiger partial charge in [0.1, 0.15) is 11.6 Å². The number of amides is 1. The van der Waals surface area contributed by atoms with Crippen molar-refractivity contribution in [1.29, 1.82) is 0 Å². The van der Waals surface area contributed by atoms with Crippen LogP contribution in [0.15, 0.2) is 59.3 Å². The Balaban J connectivity index is 1.41. The number of alkyl halides is 3. The molecule has 2 aromatic heterocycles. The van der Waals surface area contributed by atoms with Crippen LogP contribution >= 0.6 is 15.9 Å². The lowest BCUT2D eigenvalue weighted by atomic mass is 9.93. The number of hydrogen-bond acceptors (Lipinski definition) is 6. The molecule has 196 valence electrons. The van der Waals surface area contributed by atoms with E-state index in [1.54, 1.807) is 12.4 Å². The van der Waals surface area contributed by atoms with Crippen molar-refractivity contribution in [3.8, 4) is 22.4 Å². The van der Waals surface area contributed by atoms with Crippen molar-refractivity contribution in [2.45, 2.75) is 31.5 Å². The van der Waals surface area contributed by atoms with Gasteiger partial charge in [0.2, 0.25) is 6.10 Å². The van der Waals surface area contributed by atoms with E-state index < -0.39 is 18.2 Å². The number of piperidine rings is 1. The Bertz CT molecular complexity index is 1270. The van der Waals surface area contributed by atoms with E-state index in [1.165, 1.54) is 4.68 Å². The Kier molecular flexibility index (Phi) is 7.88. The van der Waals surface area contributed by atoms with Crippen LogP contribution in [-0.2, 0) is 4.79 Å². The zero-order valence-electron chi connectivity index (χ0n) is 19.7. The molecule has 1 unspecified atom stereocenters. The number of aromatic nitrogens is 3. The molecule has 1 atom stereocenters. The number of nitrogens with two attached hydrogens (primary N) is 2. The topological polar surface area (TPSA) is 123 Å². The van der Waals surface area contributed by atoms with E-state index in [4.69, 9.17) is 11.5 Å². The summed E-state index contributed by atoms with van der Waals surface area (Å²) in [6.45, 7) is 0.244. The van der Waals surface area contributed by atoms with Gasteiger partial charge in [0.25, 0.3) is 5.91 Å². The second-order valence-corrected chi connectivity index (χ2v) is 9.82. The molecule has 5 N–H and O–H groups in total. The number of benzene rings is 1. The molecule has 0 saturated carbocycles. The van der Waals surface area contributed by atoms with Crippen molar-refractivity contribution in [1.82, 2.24) is 19.7 Å². The number of likely N-dealkylation sites (tertiary alicyclic amines) is 1. The molecule has 37 heavy (non-hydrogen) atoms. The molecule has 1 fully saturated rings. The second-order valence-electron chi connectivity index (χ2n) is 8.86. The van der Waals surface area contributed by atoms with Crippen LogP contribution in [0.3, 0.4) is 0 Å². The summed E-state index contributed by atoms with van der Waals surface area (Å²) in [5, 5.41) is 13.5. The first-order valence-electron chi connectivity index (χ1n) is 11.6. The number of pyridine rings is 1. The van der Waals surface area contributed by atoms with Crippen molar-refractivity contribution in [2.75, 3.05) is 18.8 Å². The average molecular weight is 579 g/mol. The summed E-state index contributed by atoms with van der Waals surface area (Å²) in [7, 11) is 0. The zero-order valence-corrected chi connectivity index (χ0v) is 21.3. The van der Waals surface area contributed by atoms with Gasteiger partial charge in [-0.15, -0.1) is 0 Å². The molecule has 1 aliphatic heterocycles. The maximum absolute atomic E-state index is 12.6. The Labute approximate surface area is 219 Å². The van der Waals surface area contributed by atoms with Crippen LogP contribution in [0.4, 0.5) is 19.0 Å². The highest BCUT2D eigenvalue weighted by Gasteiger charge is 2.45. The van der Waals surface area contributed by atoms with Crippen LogP contribution < -0.4 is 11.5 Å². The predicted octanol–water partition coefficient (Wildman–Crippen LogP) is 4.23. The molecule has 1 saturated heterocycles. The molecule has 4 rings (SSSR count). The van der Waals surface area contributed by atoms with Gasteiger partial charge in [-0.1, -0.05) is 52.3 Å². The minimum Gasteiger partial charge on any atom is -0.383 e. The number of allylic oxidation sites excluding steroid dienone is 1. The molecule has 1 aliphatic rings. The molecule has 0 aliphatic carbocycles. The monoisotopic (exact) mass is 578 g/mol. The smallest absolute Gasteiger partial charge is 0.383 e. The number of aliphatic hydroxyl groups excluding tert-OH is 1. The third-order valence-corrected chi connectivity index (χ3v) is 7.12. The van der Waals surface area contributed by atoms with Crippen LogP contribution in [0, 0.1) is 5.92 Å². The van der Waals surface area contributed by atoms with E-state index in [2.05, 4.69) is 26.0 Å². The predicted molar refractivity (Wildman–Crippen MR) is 138 cm³/mol. The fourth-order valence-corrected chi connectivity index (χ4v) is 4.87. The molecule has 0 spiro atoms. The minimum absolute atomic E-state index is 0.0750. The number of carbonyl (C=O) groups excluding carboxylic acids is 1. The Morgan fingerprint density at radius 2 is 1.78 bits per heavy atom. The lowest BCUT2D eigenvalue weighted by Crippen LogP contribution is -2.49. The Hall–Kier alpha value is -3.38. The van der Waals surface area contributed by atoms with Gasteiger partial charge < -0.3 is 21.5 Å². The highest BCUT2D eigenvalue weighted by Crippen LogP contribution is 2.33. The summed E-state index contributed by atoms with van der Waals surface area (Å²) in [6.07, 6.45) is -3.20. The first-order valence-corrected chi connectivity index (χ1v) is 12.4. The van der Waals surface area contributed by atoms with Gasteiger partial charge >= 0.3 is 6.18 Å². The van der Waals surface area contributed by atoms with Gasteiger partial charge in [0, 0.05) is 40.5 Å². The fraction of sp³-hybridized carbons (Fsp3) is 0.320. The summed E-state index contributed by atoms with van der Waals surface area (Å²) in [4.78, 5) is 17.5. The third kappa shape index (κ3) is 5.96. The Morgan fingerprint density at radius 3 is 2.38 bits per heavy atom. The van der Waals surface area contributed by atoms with Crippen molar-refractivity contribution in [3.63, 3.8) is 0 Å². The van der Waals surface area contributed by atoms with Crippen molar-refractivity contribution >= 4 is 33.5 Å². The number of carbonyl (C=O) groups is 1. The molecule has 8 nitrogen and oxygen atoms in total. The molecular formula is C25H26BrF3N6O2. The highest BCUT2D eigenvalue weighted by molar-refractivity contribution is 9.11. The van der Waals surface area contributed by atoms with Crippen molar-refractivity contribution < 1.29 is 23.1 Å². The largest absolute Gasteiger partial charge is 0.423 e. The number of halogens is 4.